The van der Waals surface area contributed by atoms with Crippen LogP contribution in [-0.4, -0.2) is 44.3 Å². The number of hydrogen-bond acceptors (Lipinski definition) is 5. The van der Waals surface area contributed by atoms with Crippen LogP contribution in [0.1, 0.15) is 12.0 Å². The minimum absolute atomic E-state index is 0.0651. The van der Waals surface area contributed by atoms with Crippen molar-refractivity contribution in [2.75, 3.05) is 11.9 Å². The number of halogens is 3. The van der Waals surface area contributed by atoms with Crippen molar-refractivity contribution >= 4 is 29.1 Å². The van der Waals surface area contributed by atoms with Crippen LogP contribution < -0.4 is 10.1 Å². The lowest BCUT2D eigenvalue weighted by Crippen LogP contribution is -2.44. The number of carbonyl (C=O) groups is 2. The van der Waals surface area contributed by atoms with Crippen molar-refractivity contribution in [3.63, 3.8) is 0 Å². The average molecular weight is 552 g/mol. The molecule has 2 heterocycles. The first-order valence-electron chi connectivity index (χ1n) is 12.3. The van der Waals surface area contributed by atoms with Crippen LogP contribution in [0.15, 0.2) is 79.1 Å². The maximum absolute atomic E-state index is 13.5. The Labute approximate surface area is 228 Å². The van der Waals surface area contributed by atoms with Gasteiger partial charge in [-0.1, -0.05) is 17.7 Å². The molecule has 0 spiro atoms. The third-order valence-electron chi connectivity index (χ3n) is 6.45. The van der Waals surface area contributed by atoms with Crippen LogP contribution in [0.25, 0.3) is 0 Å². The summed E-state index contributed by atoms with van der Waals surface area (Å²) in [6.45, 7) is 0.229. The molecule has 0 radical (unpaired) electrons. The number of nitrogens with one attached hydrogen (secondary N) is 1. The molecule has 1 aliphatic heterocycles. The Morgan fingerprint density at radius 1 is 0.949 bits per heavy atom. The van der Waals surface area contributed by atoms with Crippen LogP contribution in [0.4, 0.5) is 14.5 Å². The lowest BCUT2D eigenvalue weighted by atomic mass is 9.96. The summed E-state index contributed by atoms with van der Waals surface area (Å²) in [6.07, 6.45) is 3.85. The van der Waals surface area contributed by atoms with Gasteiger partial charge in [-0.2, -0.15) is 15.0 Å². The molecule has 1 fully saturated rings. The maximum Gasteiger partial charge on any atom is 0.247 e. The first-order chi connectivity index (χ1) is 18.8. The fourth-order valence-electron chi connectivity index (χ4n) is 4.60. The van der Waals surface area contributed by atoms with Gasteiger partial charge in [0.1, 0.15) is 35.7 Å². The van der Waals surface area contributed by atoms with Gasteiger partial charge in [0.05, 0.1) is 12.4 Å². The molecule has 5 rings (SSSR count). The van der Waals surface area contributed by atoms with Crippen molar-refractivity contribution in [3.05, 3.63) is 101 Å². The standard InChI is InChI=1S/C28H24ClF2N5O3/c29-25-15-21(31)2-1-19(25)13-18-14-26(35(16-18)27(37)17-36-32-11-12-33-36)28(38)34-22-5-9-24(10-6-22)39-23-7-3-20(30)4-8-23/h1-12,15,18,26H,13-14,16-17H2,(H,34,38). The molecule has 0 saturated carbocycles. The number of anilines is 1. The number of likely N-dealkylation sites (tertiary alicyclic amines) is 1. The normalized spacial score (nSPS) is 16.7. The van der Waals surface area contributed by atoms with Gasteiger partial charge < -0.3 is 15.0 Å². The molecule has 1 aromatic heterocycles. The summed E-state index contributed by atoms with van der Waals surface area (Å²) in [6, 6.07) is 15.9. The van der Waals surface area contributed by atoms with Gasteiger partial charge in [-0.25, -0.2) is 8.78 Å². The number of rotatable bonds is 8. The maximum atomic E-state index is 13.5. The quantitative estimate of drug-likeness (QED) is 0.329. The largest absolute Gasteiger partial charge is 0.457 e. The fourth-order valence-corrected chi connectivity index (χ4v) is 4.85. The van der Waals surface area contributed by atoms with Crippen molar-refractivity contribution in [2.45, 2.75) is 25.4 Å². The molecular weight excluding hydrogens is 528 g/mol. The second-order valence-corrected chi connectivity index (χ2v) is 9.64. The molecule has 2 atom stereocenters. The molecule has 3 aromatic carbocycles. The molecule has 0 aliphatic carbocycles. The second kappa shape index (κ2) is 11.6. The number of aromatic nitrogens is 3. The smallest absolute Gasteiger partial charge is 0.247 e. The number of nitrogens with zero attached hydrogens (tertiary/aromatic N) is 4. The highest BCUT2D eigenvalue weighted by molar-refractivity contribution is 6.31. The number of benzene rings is 3. The SMILES string of the molecule is O=C(Nc1ccc(Oc2ccc(F)cc2)cc1)C1CC(Cc2ccc(F)cc2Cl)CN1C(=O)Cn1nccn1. The molecule has 4 aromatic rings. The number of hydrogen-bond donors (Lipinski definition) is 1. The number of amides is 2. The van der Waals surface area contributed by atoms with E-state index in [-0.39, 0.29) is 30.1 Å². The number of carbonyl (C=O) groups excluding carboxylic acids is 2. The predicted molar refractivity (Wildman–Crippen MR) is 140 cm³/mol. The summed E-state index contributed by atoms with van der Waals surface area (Å²) in [5.74, 6) is -0.482. The van der Waals surface area contributed by atoms with Crippen molar-refractivity contribution in [1.82, 2.24) is 19.9 Å². The van der Waals surface area contributed by atoms with Crippen LogP contribution in [0.3, 0.4) is 0 Å². The summed E-state index contributed by atoms with van der Waals surface area (Å²) in [5.41, 5.74) is 1.28. The average Bonchev–Trinajstić information content (AvgIpc) is 3.58. The monoisotopic (exact) mass is 551 g/mol. The Bertz CT molecular complexity index is 1450. The van der Waals surface area contributed by atoms with Gasteiger partial charge in [-0.3, -0.25) is 9.59 Å². The van der Waals surface area contributed by atoms with E-state index in [0.29, 0.717) is 41.6 Å². The third kappa shape index (κ3) is 6.58. The molecule has 8 nitrogen and oxygen atoms in total. The molecule has 11 heteroatoms. The van der Waals surface area contributed by atoms with E-state index in [9.17, 15) is 18.4 Å². The van der Waals surface area contributed by atoms with E-state index in [2.05, 4.69) is 15.5 Å². The van der Waals surface area contributed by atoms with E-state index < -0.39 is 11.9 Å². The predicted octanol–water partition coefficient (Wildman–Crippen LogP) is 5.10. The Morgan fingerprint density at radius 2 is 1.59 bits per heavy atom. The minimum Gasteiger partial charge on any atom is -0.457 e. The Kier molecular flexibility index (Phi) is 7.83. The summed E-state index contributed by atoms with van der Waals surface area (Å²) in [5, 5.41) is 11.2. The Morgan fingerprint density at radius 3 is 2.26 bits per heavy atom. The van der Waals surface area contributed by atoms with Gasteiger partial charge >= 0.3 is 0 Å². The van der Waals surface area contributed by atoms with Crippen molar-refractivity contribution < 1.29 is 23.1 Å². The van der Waals surface area contributed by atoms with E-state index in [1.165, 1.54) is 58.5 Å². The van der Waals surface area contributed by atoms with Crippen LogP contribution in [0.5, 0.6) is 11.5 Å². The van der Waals surface area contributed by atoms with E-state index in [4.69, 9.17) is 16.3 Å². The molecule has 1 N–H and O–H groups in total. The molecule has 2 unspecified atom stereocenters. The van der Waals surface area contributed by atoms with Crippen LogP contribution in [-0.2, 0) is 22.6 Å². The Balaban J connectivity index is 1.28. The molecule has 200 valence electrons. The first-order valence-corrected chi connectivity index (χ1v) is 12.6. The summed E-state index contributed by atoms with van der Waals surface area (Å²) in [4.78, 5) is 29.3. The lowest BCUT2D eigenvalue weighted by Gasteiger charge is -2.24. The van der Waals surface area contributed by atoms with Gasteiger partial charge in [0.25, 0.3) is 0 Å². The zero-order valence-electron chi connectivity index (χ0n) is 20.6. The van der Waals surface area contributed by atoms with Gasteiger partial charge in [0.15, 0.2) is 0 Å². The topological polar surface area (TPSA) is 89.4 Å². The second-order valence-electron chi connectivity index (χ2n) is 9.23. The molecule has 39 heavy (non-hydrogen) atoms. The lowest BCUT2D eigenvalue weighted by molar-refractivity contribution is -0.137. The molecule has 1 saturated heterocycles. The third-order valence-corrected chi connectivity index (χ3v) is 6.80. The zero-order chi connectivity index (χ0) is 27.4. The van der Waals surface area contributed by atoms with Gasteiger partial charge in [-0.05, 0) is 85.0 Å². The van der Waals surface area contributed by atoms with Gasteiger partial charge in [0, 0.05) is 17.3 Å². The van der Waals surface area contributed by atoms with Crippen LogP contribution in [0.2, 0.25) is 5.02 Å². The summed E-state index contributed by atoms with van der Waals surface area (Å²) >= 11 is 6.23. The molecule has 0 bridgehead atoms. The molecule has 1 aliphatic rings. The highest BCUT2D eigenvalue weighted by atomic mass is 35.5. The van der Waals surface area contributed by atoms with E-state index in [0.717, 1.165) is 5.56 Å². The minimum atomic E-state index is -0.729. The van der Waals surface area contributed by atoms with Crippen molar-refractivity contribution in [1.29, 1.82) is 0 Å². The summed E-state index contributed by atoms with van der Waals surface area (Å²) < 4.78 is 32.3. The highest BCUT2D eigenvalue weighted by Crippen LogP contribution is 2.31. The number of ether oxygens (including phenoxy) is 1. The van der Waals surface area contributed by atoms with Gasteiger partial charge in [0.2, 0.25) is 11.8 Å². The van der Waals surface area contributed by atoms with Crippen molar-refractivity contribution in [2.24, 2.45) is 5.92 Å². The van der Waals surface area contributed by atoms with Gasteiger partial charge in [-0.15, -0.1) is 0 Å². The van der Waals surface area contributed by atoms with Crippen LogP contribution in [0, 0.1) is 17.6 Å². The van der Waals surface area contributed by atoms with Crippen molar-refractivity contribution in [3.8, 4) is 11.5 Å². The zero-order valence-corrected chi connectivity index (χ0v) is 21.4. The molecular formula is C28H24ClF2N5O3. The van der Waals surface area contributed by atoms with E-state index in [1.54, 1.807) is 30.3 Å². The summed E-state index contributed by atoms with van der Waals surface area (Å²) in [7, 11) is 0. The van der Waals surface area contributed by atoms with E-state index in [1.807, 2.05) is 0 Å². The molecule has 2 amide bonds. The highest BCUT2D eigenvalue weighted by Gasteiger charge is 2.39. The fraction of sp³-hybridized carbons (Fsp3) is 0.214. The Hall–Kier alpha value is -4.31. The van der Waals surface area contributed by atoms with Crippen LogP contribution >= 0.6 is 11.6 Å². The first kappa shape index (κ1) is 26.3. The van der Waals surface area contributed by atoms with E-state index >= 15 is 0 Å².